The summed E-state index contributed by atoms with van der Waals surface area (Å²) in [5.74, 6) is -0.0461. The molecule has 0 bridgehead atoms. The zero-order valence-corrected chi connectivity index (χ0v) is 13.1. The quantitative estimate of drug-likeness (QED) is 0.800. The number of amides is 1. The largest absolute Gasteiger partial charge is 0.496 e. The lowest BCUT2D eigenvalue weighted by molar-refractivity contribution is -0.145. The average molecular weight is 305 g/mol. The summed E-state index contributed by atoms with van der Waals surface area (Å²) in [5.41, 5.74) is 1.07. The zero-order valence-electron chi connectivity index (χ0n) is 13.1. The molecule has 0 heterocycles. The molecule has 0 spiro atoms. The summed E-state index contributed by atoms with van der Waals surface area (Å²) in [6.45, 7) is 1.82. The van der Waals surface area contributed by atoms with E-state index in [2.05, 4.69) is 0 Å². The van der Waals surface area contributed by atoms with Crippen LogP contribution in [0.3, 0.4) is 0 Å². The van der Waals surface area contributed by atoms with E-state index in [0.717, 1.165) is 30.6 Å². The number of hydrogen-bond acceptors (Lipinski definition) is 3. The maximum absolute atomic E-state index is 12.3. The van der Waals surface area contributed by atoms with Gasteiger partial charge in [-0.25, -0.2) is 0 Å². The summed E-state index contributed by atoms with van der Waals surface area (Å²) in [4.78, 5) is 24.8. The van der Waals surface area contributed by atoms with Crippen molar-refractivity contribution in [3.05, 3.63) is 29.8 Å². The van der Waals surface area contributed by atoms with Crippen molar-refractivity contribution >= 4 is 11.9 Å². The van der Waals surface area contributed by atoms with E-state index in [1.54, 1.807) is 7.11 Å². The number of carboxylic acid groups (broad SMARTS) is 1. The molecular formula is C17H23NO4. The normalized spacial score (nSPS) is 15.2. The highest BCUT2D eigenvalue weighted by Gasteiger charge is 2.34. The third-order valence-electron chi connectivity index (χ3n) is 3.90. The molecule has 0 saturated heterocycles. The first-order valence-corrected chi connectivity index (χ1v) is 7.64. The molecule has 1 N–H and O–H groups in total. The van der Waals surface area contributed by atoms with Gasteiger partial charge >= 0.3 is 5.97 Å². The maximum atomic E-state index is 12.3. The van der Waals surface area contributed by atoms with Gasteiger partial charge in [-0.3, -0.25) is 9.59 Å². The minimum atomic E-state index is -0.947. The Balaban J connectivity index is 1.94. The third kappa shape index (κ3) is 4.48. The Morgan fingerprint density at radius 3 is 2.64 bits per heavy atom. The SMILES string of the molecule is COc1ccccc1CC(C)CC(=O)N(CC(=O)O)C1CC1. The van der Waals surface area contributed by atoms with Gasteiger partial charge in [0, 0.05) is 12.5 Å². The van der Waals surface area contributed by atoms with Crippen LogP contribution in [0.1, 0.15) is 31.7 Å². The number of rotatable bonds is 8. The van der Waals surface area contributed by atoms with Gasteiger partial charge in [0.25, 0.3) is 0 Å². The second-order valence-electron chi connectivity index (χ2n) is 5.97. The van der Waals surface area contributed by atoms with Crippen molar-refractivity contribution in [2.75, 3.05) is 13.7 Å². The first-order chi connectivity index (χ1) is 10.5. The molecule has 1 unspecified atom stereocenters. The van der Waals surface area contributed by atoms with Gasteiger partial charge in [0.1, 0.15) is 12.3 Å². The molecule has 1 aromatic rings. The molecule has 1 atom stereocenters. The van der Waals surface area contributed by atoms with Gasteiger partial charge in [-0.1, -0.05) is 25.1 Å². The van der Waals surface area contributed by atoms with Crippen molar-refractivity contribution < 1.29 is 19.4 Å². The zero-order chi connectivity index (χ0) is 16.1. The molecule has 120 valence electrons. The van der Waals surface area contributed by atoms with E-state index in [0.29, 0.717) is 6.42 Å². The molecule has 1 aliphatic carbocycles. The van der Waals surface area contributed by atoms with Gasteiger partial charge in [0.05, 0.1) is 7.11 Å². The van der Waals surface area contributed by atoms with Gasteiger partial charge in [-0.15, -0.1) is 0 Å². The first kappa shape index (κ1) is 16.3. The fourth-order valence-corrected chi connectivity index (χ4v) is 2.69. The predicted octanol–water partition coefficient (Wildman–Crippen LogP) is 2.34. The van der Waals surface area contributed by atoms with Crippen LogP contribution in [-0.4, -0.2) is 41.6 Å². The number of ether oxygens (including phenoxy) is 1. The van der Waals surface area contributed by atoms with E-state index in [1.165, 1.54) is 4.90 Å². The number of methoxy groups -OCH3 is 1. The van der Waals surface area contributed by atoms with Crippen molar-refractivity contribution in [3.8, 4) is 5.75 Å². The van der Waals surface area contributed by atoms with Gasteiger partial charge in [0.2, 0.25) is 5.91 Å². The predicted molar refractivity (Wildman–Crippen MR) is 82.8 cm³/mol. The second-order valence-corrected chi connectivity index (χ2v) is 5.97. The number of hydrogen-bond donors (Lipinski definition) is 1. The number of benzene rings is 1. The van der Waals surface area contributed by atoms with Crippen LogP contribution in [0.4, 0.5) is 0 Å². The molecule has 2 rings (SSSR count). The number of carboxylic acids is 1. The van der Waals surface area contributed by atoms with E-state index >= 15 is 0 Å². The molecule has 5 nitrogen and oxygen atoms in total. The van der Waals surface area contributed by atoms with Gasteiger partial charge < -0.3 is 14.7 Å². The Labute approximate surface area is 130 Å². The Kier molecular flexibility index (Phi) is 5.41. The van der Waals surface area contributed by atoms with E-state index in [9.17, 15) is 9.59 Å². The lowest BCUT2D eigenvalue weighted by Gasteiger charge is -2.22. The molecule has 1 amide bonds. The minimum absolute atomic E-state index is 0.0627. The van der Waals surface area contributed by atoms with Crippen molar-refractivity contribution in [2.24, 2.45) is 5.92 Å². The highest BCUT2D eigenvalue weighted by Crippen LogP contribution is 2.28. The van der Waals surface area contributed by atoms with E-state index < -0.39 is 5.97 Å². The molecule has 0 aliphatic heterocycles. The third-order valence-corrected chi connectivity index (χ3v) is 3.90. The lowest BCUT2D eigenvalue weighted by atomic mass is 9.97. The van der Waals surface area contributed by atoms with Crippen molar-refractivity contribution in [2.45, 2.75) is 38.6 Å². The van der Waals surface area contributed by atoms with Crippen LogP contribution in [-0.2, 0) is 16.0 Å². The van der Waals surface area contributed by atoms with Crippen molar-refractivity contribution in [1.29, 1.82) is 0 Å². The van der Waals surface area contributed by atoms with Gasteiger partial charge in [-0.2, -0.15) is 0 Å². The lowest BCUT2D eigenvalue weighted by Crippen LogP contribution is -2.38. The Morgan fingerprint density at radius 2 is 2.05 bits per heavy atom. The van der Waals surface area contributed by atoms with Crippen LogP contribution in [0.15, 0.2) is 24.3 Å². The van der Waals surface area contributed by atoms with Gasteiger partial charge in [0.15, 0.2) is 0 Å². The number of carbonyl (C=O) groups excluding carboxylic acids is 1. The summed E-state index contributed by atoms with van der Waals surface area (Å²) in [7, 11) is 1.64. The molecular weight excluding hydrogens is 282 g/mol. The molecule has 0 radical (unpaired) electrons. The van der Waals surface area contributed by atoms with Crippen LogP contribution in [0.2, 0.25) is 0 Å². The summed E-state index contributed by atoms with van der Waals surface area (Å²) >= 11 is 0. The van der Waals surface area contributed by atoms with Crippen LogP contribution in [0, 0.1) is 5.92 Å². The van der Waals surface area contributed by atoms with Crippen LogP contribution < -0.4 is 4.74 Å². The standard InChI is InChI=1S/C17H23NO4/c1-12(9-13-5-3-4-6-15(13)22-2)10-16(19)18(11-17(20)21)14-7-8-14/h3-6,12,14H,7-11H2,1-2H3,(H,20,21). The monoisotopic (exact) mass is 305 g/mol. The number of carbonyl (C=O) groups is 2. The molecule has 0 aromatic heterocycles. The van der Waals surface area contributed by atoms with E-state index in [1.807, 2.05) is 31.2 Å². The molecule has 1 saturated carbocycles. The maximum Gasteiger partial charge on any atom is 0.323 e. The Hall–Kier alpha value is -2.04. The summed E-state index contributed by atoms with van der Waals surface area (Å²) < 4.78 is 5.33. The van der Waals surface area contributed by atoms with Crippen LogP contribution >= 0.6 is 0 Å². The van der Waals surface area contributed by atoms with E-state index in [4.69, 9.17) is 9.84 Å². The fourth-order valence-electron chi connectivity index (χ4n) is 2.69. The second kappa shape index (κ2) is 7.29. The molecule has 5 heteroatoms. The Bertz CT molecular complexity index is 539. The average Bonchev–Trinajstić information content (AvgIpc) is 3.29. The number of para-hydroxylation sites is 1. The summed E-state index contributed by atoms with van der Waals surface area (Å²) in [6.07, 6.45) is 2.93. The summed E-state index contributed by atoms with van der Waals surface area (Å²) in [6, 6.07) is 7.90. The first-order valence-electron chi connectivity index (χ1n) is 7.64. The highest BCUT2D eigenvalue weighted by molar-refractivity contribution is 5.82. The highest BCUT2D eigenvalue weighted by atomic mass is 16.5. The number of nitrogens with zero attached hydrogens (tertiary/aromatic N) is 1. The summed E-state index contributed by atoms with van der Waals surface area (Å²) in [5, 5.41) is 8.94. The topological polar surface area (TPSA) is 66.8 Å². The Morgan fingerprint density at radius 1 is 1.36 bits per heavy atom. The molecule has 22 heavy (non-hydrogen) atoms. The molecule has 1 aromatic carbocycles. The smallest absolute Gasteiger partial charge is 0.323 e. The van der Waals surface area contributed by atoms with Crippen LogP contribution in [0.25, 0.3) is 0 Å². The molecule has 1 fully saturated rings. The number of aliphatic carboxylic acids is 1. The van der Waals surface area contributed by atoms with Crippen molar-refractivity contribution in [3.63, 3.8) is 0 Å². The van der Waals surface area contributed by atoms with Gasteiger partial charge in [-0.05, 0) is 36.8 Å². The minimum Gasteiger partial charge on any atom is -0.496 e. The van der Waals surface area contributed by atoms with Crippen molar-refractivity contribution in [1.82, 2.24) is 4.90 Å². The van der Waals surface area contributed by atoms with Crippen LogP contribution in [0.5, 0.6) is 5.75 Å². The molecule has 1 aliphatic rings. The van der Waals surface area contributed by atoms with E-state index in [-0.39, 0.29) is 24.4 Å². The fraction of sp³-hybridized carbons (Fsp3) is 0.529.